The van der Waals surface area contributed by atoms with Crippen molar-refractivity contribution in [3.63, 3.8) is 0 Å². The predicted octanol–water partition coefficient (Wildman–Crippen LogP) is 14.5. The van der Waals surface area contributed by atoms with Crippen LogP contribution < -0.4 is 0 Å². The standard InChI is InChI=1S/C53H33N3S/c1-2-14-35(15-3-1)43-20-8-9-21-44(43)39-18-12-19-41(32-39)52-54-51(55-53(56-52)42-30-25-34-13-4-5-16-38(34)31-42)37-28-26-36(27-29-37)49-45-22-7-6-17-40(45)33-48-50(49)46-23-10-11-24-47(46)57-48/h1-33H. The Labute approximate surface area is 334 Å². The molecule has 0 saturated carbocycles. The summed E-state index contributed by atoms with van der Waals surface area (Å²) in [6.07, 6.45) is 0. The van der Waals surface area contributed by atoms with Crippen LogP contribution in [0.2, 0.25) is 0 Å². The maximum absolute atomic E-state index is 5.19. The highest BCUT2D eigenvalue weighted by atomic mass is 32.1. The van der Waals surface area contributed by atoms with Gasteiger partial charge in [0, 0.05) is 36.9 Å². The van der Waals surface area contributed by atoms with Crippen LogP contribution in [-0.4, -0.2) is 15.0 Å². The molecule has 3 nitrogen and oxygen atoms in total. The second-order valence-corrected chi connectivity index (χ2v) is 15.5. The van der Waals surface area contributed by atoms with Gasteiger partial charge < -0.3 is 0 Å². The smallest absolute Gasteiger partial charge is 0.164 e. The number of aromatic nitrogens is 3. The molecule has 0 bridgehead atoms. The molecule has 2 aromatic heterocycles. The van der Waals surface area contributed by atoms with Crippen molar-refractivity contribution in [1.29, 1.82) is 0 Å². The van der Waals surface area contributed by atoms with E-state index >= 15 is 0 Å². The zero-order chi connectivity index (χ0) is 37.7. The van der Waals surface area contributed by atoms with E-state index in [1.165, 1.54) is 53.0 Å². The van der Waals surface area contributed by atoms with Crippen molar-refractivity contribution < 1.29 is 0 Å². The maximum Gasteiger partial charge on any atom is 0.164 e. The van der Waals surface area contributed by atoms with Gasteiger partial charge in [-0.05, 0) is 79.2 Å². The second kappa shape index (κ2) is 13.8. The van der Waals surface area contributed by atoms with E-state index < -0.39 is 0 Å². The number of rotatable bonds is 6. The third-order valence-electron chi connectivity index (χ3n) is 10.9. The van der Waals surface area contributed by atoms with Crippen LogP contribution in [-0.2, 0) is 0 Å². The van der Waals surface area contributed by atoms with Crippen LogP contribution in [0.1, 0.15) is 0 Å². The summed E-state index contributed by atoms with van der Waals surface area (Å²) in [7, 11) is 0. The third-order valence-corrected chi connectivity index (χ3v) is 12.0. The molecule has 0 saturated heterocycles. The summed E-state index contributed by atoms with van der Waals surface area (Å²) in [5.74, 6) is 1.90. The van der Waals surface area contributed by atoms with Crippen molar-refractivity contribution in [1.82, 2.24) is 15.0 Å². The van der Waals surface area contributed by atoms with Crippen molar-refractivity contribution in [3.05, 3.63) is 200 Å². The first-order valence-corrected chi connectivity index (χ1v) is 20.0. The SMILES string of the molecule is c1ccc(-c2ccccc2-c2cccc(-c3nc(-c4ccc(-c5c6ccccc6cc6sc7ccccc7c56)cc4)nc(-c4ccc5ccccc5c4)n3)c2)cc1. The van der Waals surface area contributed by atoms with Crippen LogP contribution in [0.25, 0.3) is 109 Å². The monoisotopic (exact) mass is 743 g/mol. The van der Waals surface area contributed by atoms with E-state index in [9.17, 15) is 0 Å². The molecule has 11 rings (SSSR count). The number of hydrogen-bond acceptors (Lipinski definition) is 4. The summed E-state index contributed by atoms with van der Waals surface area (Å²) in [5.41, 5.74) is 9.86. The van der Waals surface area contributed by atoms with Gasteiger partial charge in [-0.15, -0.1) is 11.3 Å². The van der Waals surface area contributed by atoms with E-state index in [4.69, 9.17) is 15.0 Å². The fourth-order valence-electron chi connectivity index (χ4n) is 8.16. The molecule has 0 unspecified atom stereocenters. The minimum Gasteiger partial charge on any atom is -0.208 e. The van der Waals surface area contributed by atoms with Gasteiger partial charge in [-0.1, -0.05) is 176 Å². The molecule has 0 aliphatic heterocycles. The van der Waals surface area contributed by atoms with Gasteiger partial charge in [0.2, 0.25) is 0 Å². The first kappa shape index (κ1) is 33.1. The molecule has 57 heavy (non-hydrogen) atoms. The van der Waals surface area contributed by atoms with E-state index in [-0.39, 0.29) is 0 Å². The summed E-state index contributed by atoms with van der Waals surface area (Å²) < 4.78 is 2.59. The van der Waals surface area contributed by atoms with E-state index in [2.05, 4.69) is 200 Å². The molecule has 0 radical (unpaired) electrons. The molecule has 2 heterocycles. The molecule has 0 fully saturated rings. The predicted molar refractivity (Wildman–Crippen MR) is 240 cm³/mol. The van der Waals surface area contributed by atoms with E-state index in [0.717, 1.165) is 38.8 Å². The highest BCUT2D eigenvalue weighted by Crippen LogP contribution is 2.44. The molecule has 4 heteroatoms. The Hall–Kier alpha value is -7.27. The fourth-order valence-corrected chi connectivity index (χ4v) is 9.32. The zero-order valence-electron chi connectivity index (χ0n) is 30.8. The van der Waals surface area contributed by atoms with Gasteiger partial charge in [0.25, 0.3) is 0 Å². The Morgan fingerprint density at radius 1 is 0.298 bits per heavy atom. The van der Waals surface area contributed by atoms with Crippen molar-refractivity contribution in [2.45, 2.75) is 0 Å². The number of fused-ring (bicyclic) bond motifs is 5. The van der Waals surface area contributed by atoms with Gasteiger partial charge in [0.05, 0.1) is 0 Å². The Morgan fingerprint density at radius 3 is 1.63 bits per heavy atom. The number of nitrogens with zero attached hydrogens (tertiary/aromatic N) is 3. The summed E-state index contributed by atoms with van der Waals surface area (Å²) in [5, 5.41) is 7.40. The van der Waals surface area contributed by atoms with E-state index in [1.54, 1.807) is 0 Å². The molecular formula is C53H33N3S. The van der Waals surface area contributed by atoms with Crippen molar-refractivity contribution in [3.8, 4) is 67.5 Å². The van der Waals surface area contributed by atoms with Crippen molar-refractivity contribution in [2.75, 3.05) is 0 Å². The summed E-state index contributed by atoms with van der Waals surface area (Å²) in [4.78, 5) is 15.5. The summed E-state index contributed by atoms with van der Waals surface area (Å²) in [6, 6.07) is 71.0. The first-order valence-electron chi connectivity index (χ1n) is 19.2. The molecule has 11 aromatic rings. The number of benzene rings is 9. The van der Waals surface area contributed by atoms with Gasteiger partial charge in [-0.3, -0.25) is 0 Å². The van der Waals surface area contributed by atoms with Gasteiger partial charge >= 0.3 is 0 Å². The molecule has 266 valence electrons. The van der Waals surface area contributed by atoms with Crippen molar-refractivity contribution >= 4 is 53.1 Å². The van der Waals surface area contributed by atoms with Gasteiger partial charge in [0.1, 0.15) is 0 Å². The van der Waals surface area contributed by atoms with Gasteiger partial charge in [0.15, 0.2) is 17.5 Å². The maximum atomic E-state index is 5.19. The Morgan fingerprint density at radius 2 is 0.842 bits per heavy atom. The largest absolute Gasteiger partial charge is 0.208 e. The molecule has 0 amide bonds. The minimum atomic E-state index is 0.631. The van der Waals surface area contributed by atoms with Crippen molar-refractivity contribution in [2.24, 2.45) is 0 Å². The minimum absolute atomic E-state index is 0.631. The lowest BCUT2D eigenvalue weighted by molar-refractivity contribution is 1.07. The van der Waals surface area contributed by atoms with Crippen LogP contribution in [0.5, 0.6) is 0 Å². The highest BCUT2D eigenvalue weighted by Gasteiger charge is 2.18. The van der Waals surface area contributed by atoms with Gasteiger partial charge in [-0.2, -0.15) is 0 Å². The molecule has 9 aromatic carbocycles. The Balaban J connectivity index is 1.06. The van der Waals surface area contributed by atoms with Crippen LogP contribution in [0.4, 0.5) is 0 Å². The lowest BCUT2D eigenvalue weighted by atomic mass is 9.93. The Bertz CT molecular complexity index is 3290. The number of thiophene rings is 1. The van der Waals surface area contributed by atoms with Crippen LogP contribution in [0.15, 0.2) is 200 Å². The molecule has 0 aliphatic carbocycles. The summed E-state index contributed by atoms with van der Waals surface area (Å²) in [6.45, 7) is 0. The molecule has 0 atom stereocenters. The average Bonchev–Trinajstić information content (AvgIpc) is 3.66. The molecule has 0 N–H and O–H groups in total. The second-order valence-electron chi connectivity index (χ2n) is 14.4. The normalized spacial score (nSPS) is 11.5. The lowest BCUT2D eigenvalue weighted by Gasteiger charge is -2.13. The average molecular weight is 744 g/mol. The molecular weight excluding hydrogens is 711 g/mol. The van der Waals surface area contributed by atoms with Gasteiger partial charge in [-0.25, -0.2) is 15.0 Å². The fraction of sp³-hybridized carbons (Fsp3) is 0. The van der Waals surface area contributed by atoms with E-state index in [1.807, 2.05) is 11.3 Å². The van der Waals surface area contributed by atoms with Crippen LogP contribution in [0.3, 0.4) is 0 Å². The lowest BCUT2D eigenvalue weighted by Crippen LogP contribution is -2.00. The Kier molecular flexibility index (Phi) is 8.01. The quantitative estimate of drug-likeness (QED) is 0.170. The summed E-state index contributed by atoms with van der Waals surface area (Å²) >= 11 is 1.86. The van der Waals surface area contributed by atoms with Crippen LogP contribution >= 0.6 is 11.3 Å². The molecule has 0 aliphatic rings. The topological polar surface area (TPSA) is 38.7 Å². The highest BCUT2D eigenvalue weighted by molar-refractivity contribution is 7.26. The first-order chi connectivity index (χ1) is 28.2. The third kappa shape index (κ3) is 5.95. The zero-order valence-corrected chi connectivity index (χ0v) is 31.6. The van der Waals surface area contributed by atoms with Crippen LogP contribution in [0, 0.1) is 0 Å². The van der Waals surface area contributed by atoms with E-state index in [0.29, 0.717) is 17.5 Å². The number of hydrogen-bond donors (Lipinski definition) is 0. The molecule has 0 spiro atoms.